The van der Waals surface area contributed by atoms with Crippen LogP contribution in [0.4, 0.5) is 18.9 Å². The maximum absolute atomic E-state index is 13.4. The van der Waals surface area contributed by atoms with Crippen molar-refractivity contribution in [1.29, 1.82) is 5.26 Å². The Labute approximate surface area is 199 Å². The van der Waals surface area contributed by atoms with Crippen molar-refractivity contribution in [3.63, 3.8) is 0 Å². The number of piperidine rings is 1. The van der Waals surface area contributed by atoms with Crippen LogP contribution in [0.25, 0.3) is 0 Å². The summed E-state index contributed by atoms with van der Waals surface area (Å²) in [7, 11) is 0. The van der Waals surface area contributed by atoms with Crippen molar-refractivity contribution >= 4 is 29.3 Å². The Morgan fingerprint density at radius 2 is 1.77 bits per heavy atom. The number of anilines is 1. The van der Waals surface area contributed by atoms with Gasteiger partial charge in [-0.15, -0.1) is 0 Å². The molecule has 3 saturated heterocycles. The zero-order chi connectivity index (χ0) is 25.5. The molecule has 1 spiro atoms. The number of primary amides is 1. The molecule has 3 aliphatic heterocycles. The molecule has 0 radical (unpaired) electrons. The number of halogens is 3. The number of nitrogens with zero attached hydrogens (tertiary/aromatic N) is 4. The maximum Gasteiger partial charge on any atom is 0.417 e. The van der Waals surface area contributed by atoms with E-state index >= 15 is 0 Å². The van der Waals surface area contributed by atoms with E-state index in [0.717, 1.165) is 17.0 Å². The summed E-state index contributed by atoms with van der Waals surface area (Å²) < 4.78 is 40.1. The van der Waals surface area contributed by atoms with Crippen LogP contribution in [0.1, 0.15) is 36.8 Å². The molecule has 12 heteroatoms. The summed E-state index contributed by atoms with van der Waals surface area (Å²) in [4.78, 5) is 53.0. The predicted octanol–water partition coefficient (Wildman–Crippen LogP) is 1.26. The van der Waals surface area contributed by atoms with Crippen molar-refractivity contribution in [2.75, 3.05) is 37.6 Å². The number of rotatable bonds is 4. The van der Waals surface area contributed by atoms with Gasteiger partial charge in [-0.2, -0.15) is 18.4 Å². The number of alkyl halides is 3. The van der Waals surface area contributed by atoms with Crippen LogP contribution in [0.15, 0.2) is 18.2 Å². The fourth-order valence-electron chi connectivity index (χ4n) is 5.36. The summed E-state index contributed by atoms with van der Waals surface area (Å²) in [6, 6.07) is 5.13. The summed E-state index contributed by atoms with van der Waals surface area (Å²) >= 11 is 0. The Balaban J connectivity index is 1.48. The molecule has 3 aliphatic rings. The molecule has 0 bridgehead atoms. The molecule has 0 saturated carbocycles. The average Bonchev–Trinajstić information content (AvgIpc) is 3.34. The number of hydrogen-bond donors (Lipinski definition) is 1. The molecular formula is C23H24F3N5O4. The summed E-state index contributed by atoms with van der Waals surface area (Å²) in [6.45, 7) is 0.567. The highest BCUT2D eigenvalue weighted by atomic mass is 19.4. The monoisotopic (exact) mass is 491 g/mol. The summed E-state index contributed by atoms with van der Waals surface area (Å²) in [5.41, 5.74) is 3.87. The van der Waals surface area contributed by atoms with Crippen molar-refractivity contribution in [1.82, 2.24) is 9.80 Å². The van der Waals surface area contributed by atoms with Gasteiger partial charge in [-0.25, -0.2) is 0 Å². The van der Waals surface area contributed by atoms with E-state index in [1.54, 1.807) is 11.0 Å². The second-order valence-corrected chi connectivity index (χ2v) is 9.29. The fourth-order valence-corrected chi connectivity index (χ4v) is 5.36. The van der Waals surface area contributed by atoms with Crippen molar-refractivity contribution in [2.45, 2.75) is 31.9 Å². The summed E-state index contributed by atoms with van der Waals surface area (Å²) in [6.07, 6.45) is -3.71. The Hall–Kier alpha value is -3.62. The van der Waals surface area contributed by atoms with E-state index in [1.807, 2.05) is 0 Å². The molecule has 4 amide bonds. The zero-order valence-electron chi connectivity index (χ0n) is 18.8. The lowest BCUT2D eigenvalue weighted by atomic mass is 9.70. The third-order valence-corrected chi connectivity index (χ3v) is 7.35. The average molecular weight is 491 g/mol. The van der Waals surface area contributed by atoms with Gasteiger partial charge in [0.2, 0.25) is 23.6 Å². The van der Waals surface area contributed by atoms with Crippen molar-refractivity contribution in [3.8, 4) is 6.07 Å². The van der Waals surface area contributed by atoms with Crippen LogP contribution in [0.3, 0.4) is 0 Å². The van der Waals surface area contributed by atoms with Crippen molar-refractivity contribution < 1.29 is 32.3 Å². The molecule has 1 atom stereocenters. The Morgan fingerprint density at radius 3 is 2.31 bits per heavy atom. The minimum absolute atomic E-state index is 0.0689. The number of nitrogens with two attached hydrogens (primary N) is 1. The molecule has 1 unspecified atom stereocenters. The quantitative estimate of drug-likeness (QED) is 0.632. The van der Waals surface area contributed by atoms with Gasteiger partial charge in [0.15, 0.2) is 0 Å². The summed E-state index contributed by atoms with van der Waals surface area (Å²) in [5, 5.41) is 9.01. The first-order chi connectivity index (χ1) is 16.4. The van der Waals surface area contributed by atoms with E-state index in [9.17, 15) is 32.3 Å². The molecule has 0 aromatic heterocycles. The number of imide groups is 1. The summed E-state index contributed by atoms with van der Waals surface area (Å²) in [5.74, 6) is -2.47. The molecule has 0 aliphatic carbocycles. The molecule has 9 nitrogen and oxygen atoms in total. The van der Waals surface area contributed by atoms with E-state index in [-0.39, 0.29) is 32.5 Å². The van der Waals surface area contributed by atoms with Gasteiger partial charge >= 0.3 is 6.18 Å². The lowest BCUT2D eigenvalue weighted by molar-refractivity contribution is -0.145. The van der Waals surface area contributed by atoms with Gasteiger partial charge in [0, 0.05) is 50.1 Å². The molecule has 1 aromatic rings. The molecule has 186 valence electrons. The Morgan fingerprint density at radius 1 is 1.14 bits per heavy atom. The number of carbonyl (C=O) groups excluding carboxylic acids is 4. The number of likely N-dealkylation sites (tertiary alicyclic amines) is 2. The van der Waals surface area contributed by atoms with Crippen LogP contribution in [0, 0.1) is 22.7 Å². The highest BCUT2D eigenvalue weighted by molar-refractivity contribution is 6.04. The van der Waals surface area contributed by atoms with Gasteiger partial charge in [0.25, 0.3) is 0 Å². The number of amides is 4. The van der Waals surface area contributed by atoms with Gasteiger partial charge < -0.3 is 15.5 Å². The van der Waals surface area contributed by atoms with E-state index in [0.29, 0.717) is 31.6 Å². The number of nitriles is 1. The molecule has 2 N–H and O–H groups in total. The first kappa shape index (κ1) is 24.5. The van der Waals surface area contributed by atoms with Crippen LogP contribution in [0.5, 0.6) is 0 Å². The van der Waals surface area contributed by atoms with Gasteiger partial charge in [0.1, 0.15) is 6.54 Å². The van der Waals surface area contributed by atoms with E-state index in [2.05, 4.69) is 0 Å². The maximum atomic E-state index is 13.4. The van der Waals surface area contributed by atoms with Gasteiger partial charge in [-0.1, -0.05) is 0 Å². The Kier molecular flexibility index (Phi) is 6.21. The Bertz CT molecular complexity index is 1110. The van der Waals surface area contributed by atoms with Crippen molar-refractivity contribution in [3.05, 3.63) is 29.3 Å². The number of benzene rings is 1. The molecule has 35 heavy (non-hydrogen) atoms. The highest BCUT2D eigenvalue weighted by Gasteiger charge is 2.52. The van der Waals surface area contributed by atoms with Crippen LogP contribution < -0.4 is 10.6 Å². The second kappa shape index (κ2) is 8.87. The largest absolute Gasteiger partial charge is 0.417 e. The molecule has 4 rings (SSSR count). The standard InChI is InChI=1S/C23H24F3N5O4/c24-23(25,26)16-9-15(2-1-14(16)10-27)29-7-5-22(6-8-29)13-30(11-17(22)21(28)35)20(34)12-31-18(32)3-4-19(31)33/h1-2,9,17H,3-8,11-13H2,(H2,28,35). The van der Waals surface area contributed by atoms with Crippen LogP contribution >= 0.6 is 0 Å². The van der Waals surface area contributed by atoms with Crippen molar-refractivity contribution in [2.24, 2.45) is 17.1 Å². The van der Waals surface area contributed by atoms with Crippen LogP contribution in [-0.2, 0) is 25.4 Å². The van der Waals surface area contributed by atoms with E-state index in [4.69, 9.17) is 11.0 Å². The smallest absolute Gasteiger partial charge is 0.371 e. The number of hydrogen-bond acceptors (Lipinski definition) is 6. The molecule has 1 aromatic carbocycles. The molecular weight excluding hydrogens is 467 g/mol. The highest BCUT2D eigenvalue weighted by Crippen LogP contribution is 2.46. The first-order valence-electron chi connectivity index (χ1n) is 11.2. The minimum Gasteiger partial charge on any atom is -0.371 e. The predicted molar refractivity (Wildman–Crippen MR) is 115 cm³/mol. The fraction of sp³-hybridized carbons (Fsp3) is 0.522. The SMILES string of the molecule is N#Cc1ccc(N2CCC3(CC2)CN(C(=O)CN2C(=O)CCC2=O)CC3C(N)=O)cc1C(F)(F)F. The first-order valence-corrected chi connectivity index (χ1v) is 11.2. The van der Waals surface area contributed by atoms with E-state index < -0.39 is 52.3 Å². The third-order valence-electron chi connectivity index (χ3n) is 7.35. The van der Waals surface area contributed by atoms with E-state index in [1.165, 1.54) is 11.0 Å². The normalized spacial score (nSPS) is 22.1. The third kappa shape index (κ3) is 4.54. The second-order valence-electron chi connectivity index (χ2n) is 9.29. The molecule has 3 heterocycles. The van der Waals surface area contributed by atoms with Gasteiger partial charge in [-0.05, 0) is 31.0 Å². The molecule has 3 fully saturated rings. The van der Waals surface area contributed by atoms with Gasteiger partial charge in [0.05, 0.1) is 23.1 Å². The van der Waals surface area contributed by atoms with Crippen LogP contribution in [-0.4, -0.2) is 66.2 Å². The minimum atomic E-state index is -4.67. The topological polar surface area (TPSA) is 128 Å². The lowest BCUT2D eigenvalue weighted by Crippen LogP contribution is -2.47. The number of carbonyl (C=O) groups is 4. The lowest BCUT2D eigenvalue weighted by Gasteiger charge is -2.42. The van der Waals surface area contributed by atoms with Gasteiger partial charge in [-0.3, -0.25) is 24.1 Å². The zero-order valence-corrected chi connectivity index (χ0v) is 18.8. The van der Waals surface area contributed by atoms with Crippen LogP contribution in [0.2, 0.25) is 0 Å².